The van der Waals surface area contributed by atoms with Crippen molar-refractivity contribution < 1.29 is 9.32 Å². The van der Waals surface area contributed by atoms with Gasteiger partial charge in [-0.2, -0.15) is 4.98 Å². The van der Waals surface area contributed by atoms with Crippen LogP contribution in [0.15, 0.2) is 22.9 Å². The molecule has 0 bridgehead atoms. The van der Waals surface area contributed by atoms with E-state index in [4.69, 9.17) is 4.52 Å². The summed E-state index contributed by atoms with van der Waals surface area (Å²) in [5.41, 5.74) is 0.625. The number of carbonyl (C=O) groups excluding carboxylic acids is 1. The number of aryl methyl sites for hydroxylation is 1. The summed E-state index contributed by atoms with van der Waals surface area (Å²) in [7, 11) is 3.78. The van der Waals surface area contributed by atoms with Crippen molar-refractivity contribution >= 4 is 11.7 Å². The average molecular weight is 315 g/mol. The number of hydrogen-bond acceptors (Lipinski definition) is 6. The molecule has 1 unspecified atom stereocenters. The van der Waals surface area contributed by atoms with Gasteiger partial charge in [-0.3, -0.25) is 4.79 Å². The molecule has 0 radical (unpaired) electrons. The van der Waals surface area contributed by atoms with Gasteiger partial charge in [0.2, 0.25) is 5.89 Å². The molecule has 0 aliphatic carbocycles. The number of aromatic nitrogens is 3. The monoisotopic (exact) mass is 315 g/mol. The number of anilines is 1. The molecule has 3 rings (SSSR count). The summed E-state index contributed by atoms with van der Waals surface area (Å²) in [6.45, 7) is 3.14. The van der Waals surface area contributed by atoms with Gasteiger partial charge in [0.1, 0.15) is 5.82 Å². The first-order valence-corrected chi connectivity index (χ1v) is 7.78. The lowest BCUT2D eigenvalue weighted by Crippen LogP contribution is -2.39. The minimum atomic E-state index is 0.00253. The highest BCUT2D eigenvalue weighted by Gasteiger charge is 2.30. The number of nitrogens with zero attached hydrogens (tertiary/aromatic N) is 5. The van der Waals surface area contributed by atoms with Crippen molar-refractivity contribution in [2.75, 3.05) is 32.1 Å². The van der Waals surface area contributed by atoms with E-state index >= 15 is 0 Å². The summed E-state index contributed by atoms with van der Waals surface area (Å²) in [6.07, 6.45) is 3.58. The molecule has 23 heavy (non-hydrogen) atoms. The maximum atomic E-state index is 12.9. The summed E-state index contributed by atoms with van der Waals surface area (Å²) in [4.78, 5) is 25.2. The Morgan fingerprint density at radius 2 is 2.26 bits per heavy atom. The fourth-order valence-corrected chi connectivity index (χ4v) is 2.93. The summed E-state index contributed by atoms with van der Waals surface area (Å²) < 4.78 is 5.28. The number of likely N-dealkylation sites (tertiary alicyclic amines) is 1. The van der Waals surface area contributed by atoms with Crippen LogP contribution in [0.2, 0.25) is 0 Å². The molecule has 3 heterocycles. The van der Waals surface area contributed by atoms with Crippen molar-refractivity contribution in [1.82, 2.24) is 20.0 Å². The second-order valence-corrected chi connectivity index (χ2v) is 6.04. The molecule has 2 aromatic heterocycles. The van der Waals surface area contributed by atoms with Gasteiger partial charge >= 0.3 is 0 Å². The number of hydrogen-bond donors (Lipinski definition) is 0. The van der Waals surface area contributed by atoms with Crippen LogP contribution in [-0.2, 0) is 0 Å². The van der Waals surface area contributed by atoms with Gasteiger partial charge in [-0.1, -0.05) is 5.16 Å². The van der Waals surface area contributed by atoms with Crippen LogP contribution in [0.25, 0.3) is 0 Å². The number of rotatable bonds is 3. The summed E-state index contributed by atoms with van der Waals surface area (Å²) in [5.74, 6) is 2.05. The molecular weight excluding hydrogens is 294 g/mol. The molecule has 7 nitrogen and oxygen atoms in total. The van der Waals surface area contributed by atoms with Crippen LogP contribution < -0.4 is 4.90 Å². The van der Waals surface area contributed by atoms with E-state index in [9.17, 15) is 4.79 Å². The van der Waals surface area contributed by atoms with Gasteiger partial charge in [-0.05, 0) is 31.9 Å². The van der Waals surface area contributed by atoms with Crippen LogP contribution in [0.4, 0.5) is 5.82 Å². The Bertz CT molecular complexity index is 697. The van der Waals surface area contributed by atoms with E-state index in [1.807, 2.05) is 30.0 Å². The minimum Gasteiger partial charge on any atom is -0.362 e. The van der Waals surface area contributed by atoms with Crippen LogP contribution in [0, 0.1) is 6.92 Å². The predicted molar refractivity (Wildman–Crippen MR) is 85.5 cm³/mol. The van der Waals surface area contributed by atoms with Crippen molar-refractivity contribution in [2.24, 2.45) is 0 Å². The molecule has 1 atom stereocenters. The minimum absolute atomic E-state index is 0.00253. The summed E-state index contributed by atoms with van der Waals surface area (Å²) in [6, 6.07) is 3.62. The zero-order valence-electron chi connectivity index (χ0n) is 13.7. The smallest absolute Gasteiger partial charge is 0.257 e. The molecule has 0 N–H and O–H groups in total. The SMILES string of the molecule is Cc1noc(C2CCCN(C(=O)c3cccnc3N(C)C)C2)n1. The second-order valence-electron chi connectivity index (χ2n) is 6.04. The molecule has 1 amide bonds. The van der Waals surface area contributed by atoms with E-state index in [1.54, 1.807) is 19.2 Å². The first-order valence-electron chi connectivity index (χ1n) is 7.78. The van der Waals surface area contributed by atoms with Crippen LogP contribution in [0.5, 0.6) is 0 Å². The molecule has 0 spiro atoms. The van der Waals surface area contributed by atoms with Crippen molar-refractivity contribution in [1.29, 1.82) is 0 Å². The van der Waals surface area contributed by atoms with Crippen molar-refractivity contribution in [3.8, 4) is 0 Å². The van der Waals surface area contributed by atoms with Crippen molar-refractivity contribution in [2.45, 2.75) is 25.7 Å². The third kappa shape index (κ3) is 3.18. The first-order chi connectivity index (χ1) is 11.1. The highest BCUT2D eigenvalue weighted by atomic mass is 16.5. The standard InChI is InChI=1S/C16H21N5O2/c1-11-18-15(23-19-11)12-6-5-9-21(10-12)16(22)13-7-4-8-17-14(13)20(2)3/h4,7-8,12H,5-6,9-10H2,1-3H3. The Hall–Kier alpha value is -2.44. The van der Waals surface area contributed by atoms with Gasteiger partial charge < -0.3 is 14.3 Å². The molecule has 1 aliphatic heterocycles. The number of piperidine rings is 1. The largest absolute Gasteiger partial charge is 0.362 e. The maximum Gasteiger partial charge on any atom is 0.257 e. The quantitative estimate of drug-likeness (QED) is 0.860. The van der Waals surface area contributed by atoms with Crippen LogP contribution in [0.1, 0.15) is 40.8 Å². The summed E-state index contributed by atoms with van der Waals surface area (Å²) >= 11 is 0. The van der Waals surface area contributed by atoms with E-state index in [-0.39, 0.29) is 11.8 Å². The van der Waals surface area contributed by atoms with Crippen LogP contribution >= 0.6 is 0 Å². The molecule has 122 valence electrons. The normalized spacial score (nSPS) is 18.0. The number of carbonyl (C=O) groups is 1. The zero-order valence-corrected chi connectivity index (χ0v) is 13.7. The Balaban J connectivity index is 1.80. The molecule has 1 saturated heterocycles. The van der Waals surface area contributed by atoms with Crippen molar-refractivity contribution in [3.05, 3.63) is 35.6 Å². The lowest BCUT2D eigenvalue weighted by molar-refractivity contribution is 0.0696. The van der Waals surface area contributed by atoms with E-state index in [2.05, 4.69) is 15.1 Å². The van der Waals surface area contributed by atoms with Gasteiger partial charge in [0, 0.05) is 33.4 Å². The topological polar surface area (TPSA) is 75.4 Å². The average Bonchev–Trinajstić information content (AvgIpc) is 3.01. The maximum absolute atomic E-state index is 12.9. The van der Waals surface area contributed by atoms with Gasteiger partial charge in [-0.15, -0.1) is 0 Å². The Morgan fingerprint density at radius 1 is 1.43 bits per heavy atom. The van der Waals surface area contributed by atoms with Gasteiger partial charge in [0.25, 0.3) is 5.91 Å². The lowest BCUT2D eigenvalue weighted by atomic mass is 9.97. The predicted octanol–water partition coefficient (Wildman–Crippen LogP) is 1.86. The Kier molecular flexibility index (Phi) is 4.27. The van der Waals surface area contributed by atoms with Crippen LogP contribution in [-0.4, -0.2) is 53.1 Å². The van der Waals surface area contributed by atoms with Crippen molar-refractivity contribution in [3.63, 3.8) is 0 Å². The Labute approximate surface area is 135 Å². The van der Waals surface area contributed by atoms with E-state index < -0.39 is 0 Å². The van der Waals surface area contributed by atoms with E-state index in [0.29, 0.717) is 29.6 Å². The zero-order chi connectivity index (χ0) is 16.4. The molecule has 0 saturated carbocycles. The fourth-order valence-electron chi connectivity index (χ4n) is 2.93. The third-order valence-electron chi connectivity index (χ3n) is 4.04. The van der Waals surface area contributed by atoms with Crippen LogP contribution in [0.3, 0.4) is 0 Å². The molecular formula is C16H21N5O2. The number of pyridine rings is 1. The lowest BCUT2D eigenvalue weighted by Gasteiger charge is -2.31. The van der Waals surface area contributed by atoms with E-state index in [0.717, 1.165) is 19.4 Å². The second kappa shape index (κ2) is 6.36. The molecule has 7 heteroatoms. The Morgan fingerprint density at radius 3 is 2.96 bits per heavy atom. The fraction of sp³-hybridized carbons (Fsp3) is 0.500. The highest BCUT2D eigenvalue weighted by molar-refractivity contribution is 5.98. The molecule has 2 aromatic rings. The van der Waals surface area contributed by atoms with Gasteiger partial charge in [0.15, 0.2) is 5.82 Å². The molecule has 0 aromatic carbocycles. The van der Waals surface area contributed by atoms with E-state index in [1.165, 1.54) is 0 Å². The molecule has 1 aliphatic rings. The number of amides is 1. The third-order valence-corrected chi connectivity index (χ3v) is 4.04. The summed E-state index contributed by atoms with van der Waals surface area (Å²) in [5, 5.41) is 3.85. The highest BCUT2D eigenvalue weighted by Crippen LogP contribution is 2.27. The van der Waals surface area contributed by atoms with Gasteiger partial charge in [0.05, 0.1) is 11.5 Å². The molecule has 1 fully saturated rings. The first kappa shape index (κ1) is 15.5. The van der Waals surface area contributed by atoms with Gasteiger partial charge in [-0.25, -0.2) is 4.98 Å².